The Morgan fingerprint density at radius 1 is 1.00 bits per heavy atom. The van der Waals surface area contributed by atoms with E-state index in [2.05, 4.69) is 10.6 Å². The van der Waals surface area contributed by atoms with E-state index < -0.39 is 0 Å². The number of carbonyl (C=O) groups is 2. The lowest BCUT2D eigenvalue weighted by Gasteiger charge is -2.13. The summed E-state index contributed by atoms with van der Waals surface area (Å²) in [6, 6.07) is 15.0. The number of amides is 1. The van der Waals surface area contributed by atoms with Gasteiger partial charge in [-0.25, -0.2) is 0 Å². The molecule has 2 aromatic carbocycles. The number of Topliss-reactive ketones (excluding diaryl/α,β-unsaturated/α-hetero) is 1. The number of rotatable bonds is 7. The predicted octanol–water partition coefficient (Wildman–Crippen LogP) is 3.40. The van der Waals surface area contributed by atoms with Gasteiger partial charge in [-0.05, 0) is 43.3 Å². The van der Waals surface area contributed by atoms with Crippen molar-refractivity contribution in [3.8, 4) is 0 Å². The molecule has 0 bridgehead atoms. The van der Waals surface area contributed by atoms with Crippen molar-refractivity contribution < 1.29 is 9.59 Å². The van der Waals surface area contributed by atoms with Gasteiger partial charge in [0.1, 0.15) is 0 Å². The van der Waals surface area contributed by atoms with E-state index in [4.69, 9.17) is 0 Å². The predicted molar refractivity (Wildman–Crippen MR) is 99.0 cm³/mol. The number of benzene rings is 2. The van der Waals surface area contributed by atoms with E-state index in [1.54, 1.807) is 24.3 Å². The molecule has 0 spiro atoms. The number of ketones is 1. The molecule has 0 saturated heterocycles. The maximum Gasteiger partial charge on any atom is 0.226 e. The molecule has 0 heterocycles. The third kappa shape index (κ3) is 5.12. The Labute approximate surface area is 142 Å². The lowest BCUT2D eigenvalue weighted by Crippen LogP contribution is -2.16. The molecule has 0 unspecified atom stereocenters. The number of hydrogen-bond acceptors (Lipinski definition) is 4. The fourth-order valence-electron chi connectivity index (χ4n) is 2.24. The molecule has 0 fully saturated rings. The topological polar surface area (TPSA) is 61.4 Å². The van der Waals surface area contributed by atoms with Crippen LogP contribution in [0.2, 0.25) is 0 Å². The first kappa shape index (κ1) is 17.5. The van der Waals surface area contributed by atoms with E-state index in [0.717, 1.165) is 11.4 Å². The monoisotopic (exact) mass is 325 g/mol. The van der Waals surface area contributed by atoms with Gasteiger partial charge in [0.15, 0.2) is 5.78 Å². The molecule has 2 aromatic rings. The van der Waals surface area contributed by atoms with Crippen molar-refractivity contribution in [2.75, 3.05) is 36.2 Å². The first-order valence-corrected chi connectivity index (χ1v) is 7.88. The molecule has 0 saturated carbocycles. The van der Waals surface area contributed by atoms with Crippen LogP contribution in [0.25, 0.3) is 0 Å². The third-order valence-electron chi connectivity index (χ3n) is 3.62. The third-order valence-corrected chi connectivity index (χ3v) is 3.62. The first-order chi connectivity index (χ1) is 11.5. The molecule has 0 aliphatic carbocycles. The van der Waals surface area contributed by atoms with Gasteiger partial charge in [0.05, 0.1) is 0 Å². The van der Waals surface area contributed by atoms with Crippen LogP contribution in [0.4, 0.5) is 17.1 Å². The summed E-state index contributed by atoms with van der Waals surface area (Å²) < 4.78 is 0. The largest absolute Gasteiger partial charge is 0.385 e. The van der Waals surface area contributed by atoms with Crippen molar-refractivity contribution in [2.24, 2.45) is 0 Å². The molecule has 0 aromatic heterocycles. The molecule has 0 radical (unpaired) electrons. The SMILES string of the molecule is CC(=O)c1cccc(NC(=O)CCNc2ccc(N(C)C)cc2)c1. The van der Waals surface area contributed by atoms with Crippen molar-refractivity contribution >= 4 is 28.8 Å². The maximum atomic E-state index is 12.0. The van der Waals surface area contributed by atoms with Gasteiger partial charge in [0.25, 0.3) is 0 Å². The van der Waals surface area contributed by atoms with Crippen LogP contribution in [0.3, 0.4) is 0 Å². The zero-order valence-corrected chi connectivity index (χ0v) is 14.3. The lowest BCUT2D eigenvalue weighted by atomic mass is 10.1. The summed E-state index contributed by atoms with van der Waals surface area (Å²) in [5.74, 6) is -0.109. The number of carbonyl (C=O) groups excluding carboxylic acids is 2. The average molecular weight is 325 g/mol. The summed E-state index contributed by atoms with van der Waals surface area (Å²) in [7, 11) is 3.99. The van der Waals surface area contributed by atoms with Gasteiger partial charge in [-0.1, -0.05) is 12.1 Å². The summed E-state index contributed by atoms with van der Waals surface area (Å²) in [6.07, 6.45) is 0.347. The molecule has 2 N–H and O–H groups in total. The van der Waals surface area contributed by atoms with Crippen molar-refractivity contribution in [2.45, 2.75) is 13.3 Å². The Morgan fingerprint density at radius 3 is 2.33 bits per heavy atom. The highest BCUT2D eigenvalue weighted by atomic mass is 16.1. The van der Waals surface area contributed by atoms with Crippen LogP contribution in [0.1, 0.15) is 23.7 Å². The minimum atomic E-state index is -0.0897. The molecule has 0 aliphatic heterocycles. The van der Waals surface area contributed by atoms with Crippen molar-refractivity contribution in [1.29, 1.82) is 0 Å². The van der Waals surface area contributed by atoms with Crippen LogP contribution in [0.15, 0.2) is 48.5 Å². The number of nitrogens with one attached hydrogen (secondary N) is 2. The second-order valence-corrected chi connectivity index (χ2v) is 5.80. The maximum absolute atomic E-state index is 12.0. The fourth-order valence-corrected chi connectivity index (χ4v) is 2.24. The molecule has 24 heavy (non-hydrogen) atoms. The van der Waals surface area contributed by atoms with Crippen LogP contribution >= 0.6 is 0 Å². The zero-order chi connectivity index (χ0) is 17.5. The summed E-state index contributed by atoms with van der Waals surface area (Å²) in [6.45, 7) is 2.05. The fraction of sp³-hybridized carbons (Fsp3) is 0.263. The van der Waals surface area contributed by atoms with Gasteiger partial charge in [-0.15, -0.1) is 0 Å². The van der Waals surface area contributed by atoms with Crippen molar-refractivity contribution in [3.05, 3.63) is 54.1 Å². The van der Waals surface area contributed by atoms with Gasteiger partial charge >= 0.3 is 0 Å². The van der Waals surface area contributed by atoms with Crippen LogP contribution in [-0.4, -0.2) is 32.3 Å². The minimum absolute atomic E-state index is 0.0195. The quantitative estimate of drug-likeness (QED) is 0.766. The molecule has 5 heteroatoms. The molecular weight excluding hydrogens is 302 g/mol. The second-order valence-electron chi connectivity index (χ2n) is 5.80. The zero-order valence-electron chi connectivity index (χ0n) is 14.3. The lowest BCUT2D eigenvalue weighted by molar-refractivity contribution is -0.115. The van der Waals surface area contributed by atoms with E-state index in [1.807, 2.05) is 43.3 Å². The molecule has 126 valence electrons. The van der Waals surface area contributed by atoms with Crippen LogP contribution in [0, 0.1) is 0 Å². The molecule has 2 rings (SSSR count). The highest BCUT2D eigenvalue weighted by Crippen LogP contribution is 2.16. The second kappa shape index (κ2) is 8.15. The number of anilines is 3. The van der Waals surface area contributed by atoms with Crippen molar-refractivity contribution in [3.63, 3.8) is 0 Å². The van der Waals surface area contributed by atoms with E-state index >= 15 is 0 Å². The van der Waals surface area contributed by atoms with Gasteiger partial charge in [-0.3, -0.25) is 9.59 Å². The van der Waals surface area contributed by atoms with Crippen molar-refractivity contribution in [1.82, 2.24) is 0 Å². The summed E-state index contributed by atoms with van der Waals surface area (Å²) in [5, 5.41) is 6.03. The van der Waals surface area contributed by atoms with Crippen LogP contribution in [-0.2, 0) is 4.79 Å². The Hall–Kier alpha value is -2.82. The van der Waals surface area contributed by atoms with Crippen LogP contribution < -0.4 is 15.5 Å². The Bertz CT molecular complexity index is 709. The summed E-state index contributed by atoms with van der Waals surface area (Å²) >= 11 is 0. The highest BCUT2D eigenvalue weighted by molar-refractivity contribution is 5.97. The summed E-state index contributed by atoms with van der Waals surface area (Å²) in [5.41, 5.74) is 3.34. The molecule has 5 nitrogen and oxygen atoms in total. The molecule has 1 amide bonds. The highest BCUT2D eigenvalue weighted by Gasteiger charge is 2.05. The molecule has 0 atom stereocenters. The summed E-state index contributed by atoms with van der Waals surface area (Å²) in [4.78, 5) is 25.4. The van der Waals surface area contributed by atoms with E-state index in [-0.39, 0.29) is 11.7 Å². The minimum Gasteiger partial charge on any atom is -0.385 e. The van der Waals surface area contributed by atoms with Gasteiger partial charge in [0, 0.05) is 49.7 Å². The van der Waals surface area contributed by atoms with Gasteiger partial charge in [-0.2, -0.15) is 0 Å². The van der Waals surface area contributed by atoms with Gasteiger partial charge < -0.3 is 15.5 Å². The molecule has 0 aliphatic rings. The van der Waals surface area contributed by atoms with E-state index in [0.29, 0.717) is 24.2 Å². The van der Waals surface area contributed by atoms with E-state index in [1.165, 1.54) is 6.92 Å². The van der Waals surface area contributed by atoms with E-state index in [9.17, 15) is 9.59 Å². The Balaban J connectivity index is 1.81. The Kier molecular flexibility index (Phi) is 5.95. The normalized spacial score (nSPS) is 10.1. The van der Waals surface area contributed by atoms with Gasteiger partial charge in [0.2, 0.25) is 5.91 Å². The standard InChI is InChI=1S/C19H23N3O2/c1-14(23)15-5-4-6-17(13-15)21-19(24)11-12-20-16-7-9-18(10-8-16)22(2)3/h4-10,13,20H,11-12H2,1-3H3,(H,21,24). The smallest absolute Gasteiger partial charge is 0.226 e. The number of nitrogens with zero attached hydrogens (tertiary/aromatic N) is 1. The number of hydrogen-bond donors (Lipinski definition) is 2. The first-order valence-electron chi connectivity index (χ1n) is 7.88. The Morgan fingerprint density at radius 2 is 1.71 bits per heavy atom. The average Bonchev–Trinajstić information content (AvgIpc) is 2.55. The molecular formula is C19H23N3O2. The van der Waals surface area contributed by atoms with Crippen LogP contribution in [0.5, 0.6) is 0 Å².